The van der Waals surface area contributed by atoms with Gasteiger partial charge in [-0.2, -0.15) is 0 Å². The molecule has 2 nitrogen and oxygen atoms in total. The minimum Gasteiger partial charge on any atom is -0.373 e. The van der Waals surface area contributed by atoms with Crippen molar-refractivity contribution >= 4 is 0 Å². The molecule has 2 aliphatic rings. The van der Waals surface area contributed by atoms with Crippen LogP contribution in [0.25, 0.3) is 0 Å². The van der Waals surface area contributed by atoms with Crippen LogP contribution in [-0.4, -0.2) is 25.8 Å². The second-order valence-electron chi connectivity index (χ2n) is 4.45. The lowest BCUT2D eigenvalue weighted by Crippen LogP contribution is -2.32. The van der Waals surface area contributed by atoms with Crippen LogP contribution in [0.15, 0.2) is 23.3 Å². The van der Waals surface area contributed by atoms with Crippen molar-refractivity contribution in [1.29, 1.82) is 0 Å². The summed E-state index contributed by atoms with van der Waals surface area (Å²) < 4.78 is 5.94. The fraction of sp³-hybridized carbons (Fsp3) is 0.692. The Balaban J connectivity index is 1.77. The van der Waals surface area contributed by atoms with Crippen molar-refractivity contribution in [3.8, 4) is 0 Å². The first-order valence-corrected chi connectivity index (χ1v) is 6.05. The number of ether oxygens (including phenoxy) is 1. The molecule has 0 aromatic rings. The van der Waals surface area contributed by atoms with Crippen LogP contribution in [0.4, 0.5) is 0 Å². The summed E-state index contributed by atoms with van der Waals surface area (Å²) in [6.45, 7) is 5.22. The number of rotatable bonds is 3. The Bertz CT molecular complexity index is 262. The minimum atomic E-state index is 0.474. The maximum Gasteiger partial charge on any atom is 0.0720 e. The highest BCUT2D eigenvalue weighted by atomic mass is 16.5. The van der Waals surface area contributed by atoms with Gasteiger partial charge in [0, 0.05) is 0 Å². The van der Waals surface area contributed by atoms with Gasteiger partial charge in [-0.1, -0.05) is 12.2 Å². The molecule has 0 bridgehead atoms. The summed E-state index contributed by atoms with van der Waals surface area (Å²) in [6, 6.07) is 0. The van der Waals surface area contributed by atoms with Crippen molar-refractivity contribution in [2.75, 3.05) is 19.7 Å². The number of allylic oxidation sites excluding steroid dienone is 2. The zero-order valence-electron chi connectivity index (χ0n) is 9.59. The molecule has 2 heteroatoms. The Labute approximate surface area is 92.4 Å². The standard InChI is InChI=1S/C13H21NO/c1-11-4-2-3-5-12(11)10-15-13-6-8-14-9-7-13/h4-5,13-14H,2-3,6-10H2,1H3. The van der Waals surface area contributed by atoms with Gasteiger partial charge >= 0.3 is 0 Å². The molecule has 1 N–H and O–H groups in total. The molecule has 1 aliphatic carbocycles. The van der Waals surface area contributed by atoms with Crippen LogP contribution in [0.5, 0.6) is 0 Å². The molecule has 0 aromatic heterocycles. The Morgan fingerprint density at radius 1 is 1.27 bits per heavy atom. The largest absolute Gasteiger partial charge is 0.373 e. The molecule has 0 atom stereocenters. The molecule has 0 aromatic carbocycles. The van der Waals surface area contributed by atoms with Crippen LogP contribution in [0, 0.1) is 0 Å². The number of hydrogen-bond acceptors (Lipinski definition) is 2. The van der Waals surface area contributed by atoms with Crippen molar-refractivity contribution < 1.29 is 4.74 Å². The highest BCUT2D eigenvalue weighted by molar-refractivity contribution is 5.32. The van der Waals surface area contributed by atoms with Crippen LogP contribution in [0.2, 0.25) is 0 Å². The number of nitrogens with one attached hydrogen (secondary N) is 1. The third kappa shape index (κ3) is 3.18. The highest BCUT2D eigenvalue weighted by Crippen LogP contribution is 2.19. The lowest BCUT2D eigenvalue weighted by Gasteiger charge is -2.24. The maximum absolute atomic E-state index is 5.94. The molecule has 0 saturated carbocycles. The average Bonchev–Trinajstić information content (AvgIpc) is 2.29. The van der Waals surface area contributed by atoms with Crippen LogP contribution < -0.4 is 5.32 Å². The van der Waals surface area contributed by atoms with Gasteiger partial charge in [0.25, 0.3) is 0 Å². The maximum atomic E-state index is 5.94. The van der Waals surface area contributed by atoms with E-state index in [0.29, 0.717) is 6.10 Å². The van der Waals surface area contributed by atoms with E-state index in [1.54, 1.807) is 0 Å². The van der Waals surface area contributed by atoms with Gasteiger partial charge in [0.2, 0.25) is 0 Å². The topological polar surface area (TPSA) is 21.3 Å². The van der Waals surface area contributed by atoms with Gasteiger partial charge in [0.15, 0.2) is 0 Å². The minimum absolute atomic E-state index is 0.474. The Morgan fingerprint density at radius 3 is 2.73 bits per heavy atom. The predicted octanol–water partition coefficient (Wildman–Crippen LogP) is 2.42. The second-order valence-corrected chi connectivity index (χ2v) is 4.45. The normalized spacial score (nSPS) is 23.5. The van der Waals surface area contributed by atoms with Gasteiger partial charge in [-0.05, 0) is 56.8 Å². The van der Waals surface area contributed by atoms with Gasteiger partial charge < -0.3 is 10.1 Å². The fourth-order valence-corrected chi connectivity index (χ4v) is 2.19. The molecule has 0 spiro atoms. The van der Waals surface area contributed by atoms with E-state index in [-0.39, 0.29) is 0 Å². The van der Waals surface area contributed by atoms with Crippen LogP contribution in [-0.2, 0) is 4.74 Å². The van der Waals surface area contributed by atoms with E-state index in [0.717, 1.165) is 32.5 Å². The SMILES string of the molecule is CC1=CCCC=C1COC1CCNCC1. The van der Waals surface area contributed by atoms with Gasteiger partial charge in [-0.15, -0.1) is 0 Å². The quantitative estimate of drug-likeness (QED) is 0.767. The van der Waals surface area contributed by atoms with Gasteiger partial charge in [-0.25, -0.2) is 0 Å². The number of piperidine rings is 1. The molecule has 1 saturated heterocycles. The van der Waals surface area contributed by atoms with E-state index in [4.69, 9.17) is 4.74 Å². The average molecular weight is 207 g/mol. The summed E-state index contributed by atoms with van der Waals surface area (Å²) in [5.41, 5.74) is 2.81. The molecule has 1 fully saturated rings. The predicted molar refractivity (Wildman–Crippen MR) is 62.9 cm³/mol. The molecular weight excluding hydrogens is 186 g/mol. The Kier molecular flexibility index (Phi) is 3.98. The second kappa shape index (κ2) is 5.47. The first-order valence-electron chi connectivity index (χ1n) is 6.05. The van der Waals surface area contributed by atoms with Gasteiger partial charge in [-0.3, -0.25) is 0 Å². The van der Waals surface area contributed by atoms with Crippen LogP contribution in [0.3, 0.4) is 0 Å². The number of hydrogen-bond donors (Lipinski definition) is 1. The lowest BCUT2D eigenvalue weighted by molar-refractivity contribution is 0.0480. The van der Waals surface area contributed by atoms with E-state index in [1.807, 2.05) is 0 Å². The Hall–Kier alpha value is -0.600. The fourth-order valence-electron chi connectivity index (χ4n) is 2.19. The van der Waals surface area contributed by atoms with E-state index < -0.39 is 0 Å². The summed E-state index contributed by atoms with van der Waals surface area (Å²) in [5, 5.41) is 3.36. The summed E-state index contributed by atoms with van der Waals surface area (Å²) in [4.78, 5) is 0. The van der Waals surface area contributed by atoms with Crippen molar-refractivity contribution in [2.45, 2.75) is 38.7 Å². The third-order valence-electron chi connectivity index (χ3n) is 3.28. The summed E-state index contributed by atoms with van der Waals surface area (Å²) >= 11 is 0. The van der Waals surface area contributed by atoms with Crippen molar-refractivity contribution in [2.24, 2.45) is 0 Å². The summed E-state index contributed by atoms with van der Waals surface area (Å²) in [6.07, 6.45) is 9.83. The monoisotopic (exact) mass is 207 g/mol. The molecule has 0 radical (unpaired) electrons. The third-order valence-corrected chi connectivity index (χ3v) is 3.28. The van der Waals surface area contributed by atoms with Crippen molar-refractivity contribution in [1.82, 2.24) is 5.32 Å². The summed E-state index contributed by atoms with van der Waals surface area (Å²) in [7, 11) is 0. The molecule has 0 unspecified atom stereocenters. The zero-order valence-corrected chi connectivity index (χ0v) is 9.59. The molecule has 1 aliphatic heterocycles. The highest BCUT2D eigenvalue weighted by Gasteiger charge is 2.14. The summed E-state index contributed by atoms with van der Waals surface area (Å²) in [5.74, 6) is 0. The molecule has 2 rings (SSSR count). The molecule has 84 valence electrons. The first-order chi connectivity index (χ1) is 7.36. The van der Waals surface area contributed by atoms with Gasteiger partial charge in [0.05, 0.1) is 12.7 Å². The van der Waals surface area contributed by atoms with Crippen molar-refractivity contribution in [3.63, 3.8) is 0 Å². The zero-order chi connectivity index (χ0) is 10.5. The molecule has 15 heavy (non-hydrogen) atoms. The van der Waals surface area contributed by atoms with E-state index in [9.17, 15) is 0 Å². The Morgan fingerprint density at radius 2 is 2.00 bits per heavy atom. The smallest absolute Gasteiger partial charge is 0.0720 e. The van der Waals surface area contributed by atoms with Crippen LogP contribution >= 0.6 is 0 Å². The molecule has 0 amide bonds. The lowest BCUT2D eigenvalue weighted by atomic mass is 10.00. The first kappa shape index (κ1) is 10.9. The van der Waals surface area contributed by atoms with E-state index in [1.165, 1.54) is 24.0 Å². The van der Waals surface area contributed by atoms with E-state index in [2.05, 4.69) is 24.4 Å². The van der Waals surface area contributed by atoms with Gasteiger partial charge in [0.1, 0.15) is 0 Å². The van der Waals surface area contributed by atoms with E-state index >= 15 is 0 Å². The van der Waals surface area contributed by atoms with Crippen LogP contribution in [0.1, 0.15) is 32.6 Å². The van der Waals surface area contributed by atoms with Crippen molar-refractivity contribution in [3.05, 3.63) is 23.3 Å². The molecule has 1 heterocycles. The molecular formula is C13H21NO.